The van der Waals surface area contributed by atoms with Crippen LogP contribution >= 0.6 is 0 Å². The molecule has 9 nitrogen and oxygen atoms in total. The molecule has 0 bridgehead atoms. The summed E-state index contributed by atoms with van der Waals surface area (Å²) in [6.45, 7) is 12.3. The highest BCUT2D eigenvalue weighted by Crippen LogP contribution is 2.31. The van der Waals surface area contributed by atoms with Gasteiger partial charge in [0, 0.05) is 55.4 Å². The summed E-state index contributed by atoms with van der Waals surface area (Å²) in [4.78, 5) is 28.8. The van der Waals surface area contributed by atoms with Crippen LogP contribution in [0.1, 0.15) is 56.2 Å². The molecule has 3 aromatic heterocycles. The average Bonchev–Trinajstić information content (AvgIpc) is 3.49. The molecule has 232 valence electrons. The van der Waals surface area contributed by atoms with Crippen LogP contribution in [-0.2, 0) is 22.5 Å². The summed E-state index contributed by atoms with van der Waals surface area (Å²) >= 11 is 0. The van der Waals surface area contributed by atoms with Crippen LogP contribution in [-0.4, -0.2) is 56.1 Å². The van der Waals surface area contributed by atoms with Crippen LogP contribution in [0, 0.1) is 0 Å². The van der Waals surface area contributed by atoms with Crippen LogP contribution in [0.3, 0.4) is 0 Å². The number of rotatable bonds is 11. The summed E-state index contributed by atoms with van der Waals surface area (Å²) in [5, 5.41) is 10.1. The molecule has 0 amide bonds. The van der Waals surface area contributed by atoms with Crippen molar-refractivity contribution in [1.29, 1.82) is 0 Å². The van der Waals surface area contributed by atoms with E-state index in [1.807, 2.05) is 49.5 Å². The van der Waals surface area contributed by atoms with E-state index >= 15 is 0 Å². The van der Waals surface area contributed by atoms with Gasteiger partial charge in [0.15, 0.2) is 17.3 Å². The fraction of sp³-hybridized carbons (Fsp3) is 0.343. The van der Waals surface area contributed by atoms with Gasteiger partial charge in [0.2, 0.25) is 11.9 Å². The van der Waals surface area contributed by atoms with E-state index < -0.39 is 11.6 Å². The lowest BCUT2D eigenvalue weighted by Gasteiger charge is -2.32. The summed E-state index contributed by atoms with van der Waals surface area (Å²) in [7, 11) is 0. The van der Waals surface area contributed by atoms with Crippen molar-refractivity contribution in [2.75, 3.05) is 29.9 Å². The van der Waals surface area contributed by atoms with Gasteiger partial charge >= 0.3 is 0 Å². The van der Waals surface area contributed by atoms with Gasteiger partial charge in [-0.1, -0.05) is 62.9 Å². The number of pyridine rings is 1. The monoisotopic (exact) mass is 607 g/mol. The van der Waals surface area contributed by atoms with Gasteiger partial charge < -0.3 is 15.0 Å². The molecule has 2 aromatic carbocycles. The summed E-state index contributed by atoms with van der Waals surface area (Å²) in [5.74, 6) is 0.0288. The first-order valence-corrected chi connectivity index (χ1v) is 15.5. The van der Waals surface area contributed by atoms with Gasteiger partial charge in [-0.05, 0) is 48.3 Å². The second-order valence-corrected chi connectivity index (χ2v) is 11.7. The van der Waals surface area contributed by atoms with Crippen LogP contribution in [0.5, 0.6) is 0 Å². The number of carbonyl (C=O) groups excluding carboxylic acids is 1. The molecule has 10 heteroatoms. The topological polar surface area (TPSA) is 97.5 Å². The van der Waals surface area contributed by atoms with E-state index in [0.717, 1.165) is 76.9 Å². The molecule has 6 rings (SSSR count). The Morgan fingerprint density at radius 1 is 1.13 bits per heavy atom. The molecule has 0 radical (unpaired) electrons. The van der Waals surface area contributed by atoms with Crippen molar-refractivity contribution in [2.24, 2.45) is 0 Å². The van der Waals surface area contributed by atoms with Crippen LogP contribution in [0.25, 0.3) is 27.7 Å². The molecule has 0 atom stereocenters. The summed E-state index contributed by atoms with van der Waals surface area (Å²) in [6, 6.07) is 15.7. The second kappa shape index (κ2) is 13.1. The number of carbonyl (C=O) groups is 1. The second-order valence-electron chi connectivity index (χ2n) is 11.7. The molecule has 0 unspecified atom stereocenters. The zero-order chi connectivity index (χ0) is 31.5. The zero-order valence-corrected chi connectivity index (χ0v) is 26.0. The molecule has 1 fully saturated rings. The minimum atomic E-state index is -0.929. The number of anilines is 2. The van der Waals surface area contributed by atoms with Crippen LogP contribution in [0.15, 0.2) is 73.3 Å². The molecular weight excluding hydrogens is 569 g/mol. The number of allylic oxidation sites excluding steroid dienone is 1. The number of fused-ring (bicyclic) bond motifs is 2. The fourth-order valence-electron chi connectivity index (χ4n) is 5.92. The van der Waals surface area contributed by atoms with Gasteiger partial charge in [0.05, 0.1) is 18.0 Å². The number of halogens is 1. The smallest absolute Gasteiger partial charge is 0.230 e. The summed E-state index contributed by atoms with van der Waals surface area (Å²) < 4.78 is 21.0. The number of piperidine rings is 1. The Morgan fingerprint density at radius 3 is 2.69 bits per heavy atom. The number of aromatic nitrogens is 5. The van der Waals surface area contributed by atoms with Crippen molar-refractivity contribution >= 4 is 34.1 Å². The molecule has 45 heavy (non-hydrogen) atoms. The Labute approximate surface area is 262 Å². The van der Waals surface area contributed by atoms with Crippen molar-refractivity contribution in [3.63, 3.8) is 0 Å². The van der Waals surface area contributed by atoms with Gasteiger partial charge in [-0.15, -0.1) is 0 Å². The molecule has 1 saturated heterocycles. The molecule has 4 heterocycles. The Morgan fingerprint density at radius 2 is 1.93 bits per heavy atom. The number of nitrogens with one attached hydrogen (secondary N) is 1. The lowest BCUT2D eigenvalue weighted by atomic mass is 9.97. The lowest BCUT2D eigenvalue weighted by Crippen LogP contribution is -2.38. The minimum absolute atomic E-state index is 0.0324. The molecular formula is C35H38FN7O2. The van der Waals surface area contributed by atoms with Gasteiger partial charge in [-0.25, -0.2) is 4.39 Å². The van der Waals surface area contributed by atoms with Gasteiger partial charge in [0.25, 0.3) is 0 Å². The summed E-state index contributed by atoms with van der Waals surface area (Å²) in [5.41, 5.74) is 5.44. The van der Waals surface area contributed by atoms with Crippen molar-refractivity contribution in [3.8, 4) is 11.3 Å². The molecule has 0 aliphatic carbocycles. The Hall–Kier alpha value is -4.70. The average molecular weight is 608 g/mol. The highest BCUT2D eigenvalue weighted by Gasteiger charge is 2.24. The third-order valence-electron chi connectivity index (χ3n) is 8.34. The minimum Gasteiger partial charge on any atom is -0.378 e. The Kier molecular flexibility index (Phi) is 8.84. The van der Waals surface area contributed by atoms with E-state index in [1.54, 1.807) is 10.7 Å². The van der Waals surface area contributed by atoms with Crippen molar-refractivity contribution in [3.05, 3.63) is 90.0 Å². The highest BCUT2D eigenvalue weighted by atomic mass is 19.1. The quantitative estimate of drug-likeness (QED) is 0.166. The van der Waals surface area contributed by atoms with Crippen LogP contribution in [0.2, 0.25) is 0 Å². The maximum absolute atomic E-state index is 13.3. The van der Waals surface area contributed by atoms with Crippen molar-refractivity contribution in [1.82, 2.24) is 24.6 Å². The predicted molar refractivity (Wildman–Crippen MR) is 175 cm³/mol. The normalized spacial score (nSPS) is 14.0. The first-order chi connectivity index (χ1) is 21.8. The van der Waals surface area contributed by atoms with E-state index in [0.29, 0.717) is 18.4 Å². The third kappa shape index (κ3) is 6.42. The number of benzene rings is 2. The standard InChI is InChI=1S/C35H38FN7O2/c1-5-45-27-13-16-42(17-14-27)35-40-33-30(22(2)3)21-39-43(33)34(41-35)38-20-26-8-6-7-9-28(26)32-29-11-10-24(19-31(44)23(4)36)18-25(29)12-15-37-32/h6-12,15,18,21-22,27H,4-5,13-14,16-17,19-20H2,1-3H3,(H,38,40,41). The predicted octanol–water partition coefficient (Wildman–Crippen LogP) is 6.68. The van der Waals surface area contributed by atoms with Crippen LogP contribution in [0.4, 0.5) is 16.3 Å². The number of Topliss-reactive ketones (excluding diaryl/α,β-unsaturated/α-hetero) is 1. The van der Waals surface area contributed by atoms with Gasteiger partial charge in [0.1, 0.15) is 0 Å². The molecule has 5 aromatic rings. The molecule has 0 spiro atoms. The first kappa shape index (κ1) is 30.3. The Bertz CT molecular complexity index is 1860. The Balaban J connectivity index is 1.31. The van der Waals surface area contributed by atoms with Gasteiger partial charge in [-0.3, -0.25) is 9.78 Å². The number of nitrogens with zero attached hydrogens (tertiary/aromatic N) is 6. The largest absolute Gasteiger partial charge is 0.378 e. The van der Waals surface area contributed by atoms with Crippen molar-refractivity contribution < 1.29 is 13.9 Å². The van der Waals surface area contributed by atoms with Crippen molar-refractivity contribution in [2.45, 2.75) is 58.6 Å². The third-order valence-corrected chi connectivity index (χ3v) is 8.34. The van der Waals surface area contributed by atoms with E-state index in [-0.39, 0.29) is 18.4 Å². The maximum Gasteiger partial charge on any atom is 0.230 e. The lowest BCUT2D eigenvalue weighted by molar-refractivity contribution is -0.116. The molecule has 0 saturated carbocycles. The van der Waals surface area contributed by atoms with E-state index in [2.05, 4.69) is 47.9 Å². The van der Waals surface area contributed by atoms with E-state index in [4.69, 9.17) is 19.7 Å². The molecule has 1 N–H and O–H groups in total. The van der Waals surface area contributed by atoms with Gasteiger partial charge in [-0.2, -0.15) is 19.6 Å². The SMILES string of the molecule is C=C(F)C(=O)Cc1ccc2c(-c3ccccc3CNc3nc(N4CCC(OCC)CC4)nc4c(C(C)C)cnn34)nccc2c1. The fourth-order valence-corrected chi connectivity index (χ4v) is 5.92. The highest BCUT2D eigenvalue weighted by molar-refractivity contribution is 5.98. The zero-order valence-electron chi connectivity index (χ0n) is 26.0. The molecule has 1 aliphatic rings. The van der Waals surface area contributed by atoms with E-state index in [1.165, 1.54) is 0 Å². The molecule has 1 aliphatic heterocycles. The number of hydrogen-bond acceptors (Lipinski definition) is 8. The van der Waals surface area contributed by atoms with E-state index in [9.17, 15) is 9.18 Å². The van der Waals surface area contributed by atoms with Crippen LogP contribution < -0.4 is 10.2 Å². The maximum atomic E-state index is 13.3. The first-order valence-electron chi connectivity index (χ1n) is 15.5. The summed E-state index contributed by atoms with van der Waals surface area (Å²) in [6.07, 6.45) is 5.76. The number of ketones is 1. The number of ether oxygens (including phenoxy) is 1. The number of hydrogen-bond donors (Lipinski definition) is 1.